The zero-order valence-electron chi connectivity index (χ0n) is 7.34. The summed E-state index contributed by atoms with van der Waals surface area (Å²) >= 11 is 11.3. The first kappa shape index (κ1) is 10.8. The molecule has 0 aromatic carbocycles. The predicted molar refractivity (Wildman–Crippen MR) is 54.6 cm³/mol. The van der Waals surface area contributed by atoms with Gasteiger partial charge >= 0.3 is 0 Å². The van der Waals surface area contributed by atoms with Crippen molar-refractivity contribution in [2.45, 2.75) is 25.3 Å². The average Bonchev–Trinajstić information content (AvgIpc) is 2.94. The summed E-state index contributed by atoms with van der Waals surface area (Å²) in [6.07, 6.45) is 3.00. The highest BCUT2D eigenvalue weighted by atomic mass is 35.5. The summed E-state index contributed by atoms with van der Waals surface area (Å²) in [5, 5.41) is 9.10. The zero-order chi connectivity index (χ0) is 9.68. The van der Waals surface area contributed by atoms with E-state index in [0.29, 0.717) is 24.0 Å². The van der Waals surface area contributed by atoms with E-state index in [1.807, 2.05) is 0 Å². The minimum Gasteiger partial charge on any atom is -0.294 e. The fraction of sp³-hybridized carbons (Fsp3) is 0.667. The second kappa shape index (κ2) is 5.49. The Morgan fingerprint density at radius 2 is 2.31 bits per heavy atom. The molecule has 1 fully saturated rings. The maximum atomic E-state index is 8.46. The molecule has 0 aliphatic heterocycles. The summed E-state index contributed by atoms with van der Waals surface area (Å²) < 4.78 is 0. The van der Waals surface area contributed by atoms with E-state index in [1.165, 1.54) is 18.4 Å². The van der Waals surface area contributed by atoms with Crippen LogP contribution in [0.25, 0.3) is 0 Å². The molecule has 0 aromatic rings. The van der Waals surface area contributed by atoms with Crippen LogP contribution in [-0.2, 0) is 0 Å². The fourth-order valence-corrected chi connectivity index (χ4v) is 1.48. The standard InChI is InChI=1S/C9H12Cl2N2/c10-6-8(11)7-13(5-1-4-12)9-2-3-9/h6,9H,1-3,5,7H2. The predicted octanol–water partition coefficient (Wildman–Crippen LogP) is 2.68. The Kier molecular flexibility index (Phi) is 4.58. The molecule has 1 aliphatic carbocycles. The Morgan fingerprint density at radius 1 is 1.62 bits per heavy atom. The minimum atomic E-state index is 0.558. The van der Waals surface area contributed by atoms with E-state index < -0.39 is 0 Å². The van der Waals surface area contributed by atoms with Gasteiger partial charge in [0.2, 0.25) is 0 Å². The van der Waals surface area contributed by atoms with Crippen LogP contribution in [0.5, 0.6) is 0 Å². The van der Waals surface area contributed by atoms with Crippen molar-refractivity contribution in [2.75, 3.05) is 13.1 Å². The van der Waals surface area contributed by atoms with Crippen molar-refractivity contribution in [1.82, 2.24) is 4.90 Å². The van der Waals surface area contributed by atoms with E-state index in [2.05, 4.69) is 11.0 Å². The molecule has 0 saturated heterocycles. The molecule has 72 valence electrons. The van der Waals surface area contributed by atoms with Crippen LogP contribution in [0.3, 0.4) is 0 Å². The average molecular weight is 219 g/mol. The zero-order valence-corrected chi connectivity index (χ0v) is 8.85. The lowest BCUT2D eigenvalue weighted by atomic mass is 10.3. The summed E-state index contributed by atoms with van der Waals surface area (Å²) in [6.45, 7) is 1.47. The van der Waals surface area contributed by atoms with Gasteiger partial charge in [-0.15, -0.1) is 0 Å². The van der Waals surface area contributed by atoms with Gasteiger partial charge in [-0.1, -0.05) is 23.2 Å². The maximum absolute atomic E-state index is 8.46. The van der Waals surface area contributed by atoms with Gasteiger partial charge < -0.3 is 0 Å². The first-order valence-corrected chi connectivity index (χ1v) is 5.15. The highest BCUT2D eigenvalue weighted by molar-refractivity contribution is 6.36. The van der Waals surface area contributed by atoms with Crippen LogP contribution in [0.15, 0.2) is 10.6 Å². The second-order valence-corrected chi connectivity index (χ2v) is 3.87. The van der Waals surface area contributed by atoms with Gasteiger partial charge in [0.25, 0.3) is 0 Å². The van der Waals surface area contributed by atoms with Gasteiger partial charge in [-0.25, -0.2) is 0 Å². The molecule has 0 N–H and O–H groups in total. The molecule has 0 aromatic heterocycles. The van der Waals surface area contributed by atoms with E-state index in [0.717, 1.165) is 6.54 Å². The summed E-state index contributed by atoms with van der Waals surface area (Å²) in [6, 6.07) is 2.76. The number of nitrogens with zero attached hydrogens (tertiary/aromatic N) is 2. The summed E-state index contributed by atoms with van der Waals surface area (Å²) in [7, 11) is 0. The Bertz CT molecular complexity index is 228. The van der Waals surface area contributed by atoms with E-state index in [9.17, 15) is 0 Å². The molecule has 2 nitrogen and oxygen atoms in total. The molecular weight excluding hydrogens is 207 g/mol. The van der Waals surface area contributed by atoms with E-state index >= 15 is 0 Å². The smallest absolute Gasteiger partial charge is 0.0635 e. The van der Waals surface area contributed by atoms with E-state index in [-0.39, 0.29) is 0 Å². The Balaban J connectivity index is 2.34. The molecule has 0 spiro atoms. The molecule has 4 heteroatoms. The van der Waals surface area contributed by atoms with Crippen molar-refractivity contribution in [1.29, 1.82) is 5.26 Å². The highest BCUT2D eigenvalue weighted by Gasteiger charge is 2.28. The number of nitriles is 1. The van der Waals surface area contributed by atoms with Crippen LogP contribution in [0.1, 0.15) is 19.3 Å². The van der Waals surface area contributed by atoms with E-state index in [4.69, 9.17) is 28.5 Å². The topological polar surface area (TPSA) is 27.0 Å². The van der Waals surface area contributed by atoms with Gasteiger partial charge in [0.1, 0.15) is 0 Å². The van der Waals surface area contributed by atoms with Crippen molar-refractivity contribution in [3.63, 3.8) is 0 Å². The third kappa shape index (κ3) is 3.99. The molecule has 1 rings (SSSR count). The summed E-state index contributed by atoms with van der Waals surface area (Å²) in [4.78, 5) is 2.21. The Morgan fingerprint density at radius 3 is 2.77 bits per heavy atom. The van der Waals surface area contributed by atoms with Crippen LogP contribution in [-0.4, -0.2) is 24.0 Å². The van der Waals surface area contributed by atoms with Gasteiger partial charge in [-0.2, -0.15) is 5.26 Å². The molecule has 0 atom stereocenters. The minimum absolute atomic E-state index is 0.558. The second-order valence-electron chi connectivity index (χ2n) is 3.17. The molecular formula is C9H12Cl2N2. The molecule has 1 aliphatic rings. The molecule has 0 radical (unpaired) electrons. The molecule has 0 amide bonds. The van der Waals surface area contributed by atoms with Crippen molar-refractivity contribution >= 4 is 23.2 Å². The lowest BCUT2D eigenvalue weighted by Crippen LogP contribution is -2.28. The van der Waals surface area contributed by atoms with Gasteiger partial charge in [0.15, 0.2) is 0 Å². The van der Waals surface area contributed by atoms with Crippen LogP contribution in [0.2, 0.25) is 0 Å². The lowest BCUT2D eigenvalue weighted by Gasteiger charge is -2.19. The normalized spacial score (nSPS) is 17.5. The SMILES string of the molecule is N#CCCN(CC(Cl)=CCl)C1CC1. The Labute approximate surface area is 88.7 Å². The summed E-state index contributed by atoms with van der Waals surface area (Å²) in [5.74, 6) is 0. The third-order valence-corrected chi connectivity index (χ3v) is 2.65. The quantitative estimate of drug-likeness (QED) is 0.710. The monoisotopic (exact) mass is 218 g/mol. The fourth-order valence-electron chi connectivity index (χ4n) is 1.25. The summed E-state index contributed by atoms with van der Waals surface area (Å²) in [5.41, 5.74) is 1.39. The number of halogens is 2. The maximum Gasteiger partial charge on any atom is 0.0635 e. The van der Waals surface area contributed by atoms with Crippen molar-refractivity contribution < 1.29 is 0 Å². The van der Waals surface area contributed by atoms with Gasteiger partial charge in [-0.3, -0.25) is 4.90 Å². The molecule has 0 bridgehead atoms. The van der Waals surface area contributed by atoms with Crippen LogP contribution >= 0.6 is 23.2 Å². The van der Waals surface area contributed by atoms with Gasteiger partial charge in [0.05, 0.1) is 6.07 Å². The van der Waals surface area contributed by atoms with Gasteiger partial charge in [-0.05, 0) is 12.8 Å². The van der Waals surface area contributed by atoms with Gasteiger partial charge in [0, 0.05) is 36.1 Å². The molecule has 13 heavy (non-hydrogen) atoms. The largest absolute Gasteiger partial charge is 0.294 e. The molecule has 0 unspecified atom stereocenters. The van der Waals surface area contributed by atoms with Crippen molar-refractivity contribution in [2.24, 2.45) is 0 Å². The number of rotatable bonds is 5. The number of hydrogen-bond acceptors (Lipinski definition) is 2. The lowest BCUT2D eigenvalue weighted by molar-refractivity contribution is 0.297. The third-order valence-electron chi connectivity index (χ3n) is 2.05. The van der Waals surface area contributed by atoms with Crippen molar-refractivity contribution in [3.05, 3.63) is 10.6 Å². The molecule has 0 heterocycles. The first-order valence-electron chi connectivity index (χ1n) is 4.33. The Hall–Kier alpha value is -0.230. The number of hydrogen-bond donors (Lipinski definition) is 0. The van der Waals surface area contributed by atoms with Crippen LogP contribution in [0, 0.1) is 11.3 Å². The molecule has 1 saturated carbocycles. The van der Waals surface area contributed by atoms with E-state index in [1.54, 1.807) is 0 Å². The highest BCUT2D eigenvalue weighted by Crippen LogP contribution is 2.28. The van der Waals surface area contributed by atoms with Crippen molar-refractivity contribution in [3.8, 4) is 6.07 Å². The van der Waals surface area contributed by atoms with Crippen LogP contribution in [0.4, 0.5) is 0 Å². The first-order chi connectivity index (χ1) is 6.27. The van der Waals surface area contributed by atoms with Crippen LogP contribution < -0.4 is 0 Å².